The van der Waals surface area contributed by atoms with Crippen LogP contribution in [0.5, 0.6) is 0 Å². The number of hydrogen-bond acceptors (Lipinski definition) is 4. The number of aryl methyl sites for hydroxylation is 1. The summed E-state index contributed by atoms with van der Waals surface area (Å²) < 4.78 is 20.7. The van der Waals surface area contributed by atoms with E-state index in [0.717, 1.165) is 62.5 Å². The van der Waals surface area contributed by atoms with E-state index in [4.69, 9.17) is 4.74 Å². The fraction of sp³-hybridized carbons (Fsp3) is 0.591. The summed E-state index contributed by atoms with van der Waals surface area (Å²) in [5, 5.41) is 11.9. The number of amides is 1. The Morgan fingerprint density at radius 3 is 2.66 bits per heavy atom. The van der Waals surface area contributed by atoms with Crippen LogP contribution in [0.2, 0.25) is 0 Å². The van der Waals surface area contributed by atoms with Crippen molar-refractivity contribution in [1.29, 1.82) is 0 Å². The van der Waals surface area contributed by atoms with Gasteiger partial charge in [0.25, 0.3) is 0 Å². The van der Waals surface area contributed by atoms with Gasteiger partial charge < -0.3 is 14.6 Å². The molecule has 0 bridgehead atoms. The van der Waals surface area contributed by atoms with Crippen molar-refractivity contribution in [2.24, 2.45) is 11.3 Å². The lowest BCUT2D eigenvalue weighted by Gasteiger charge is -2.33. The number of carbonyl (C=O) groups excluding carboxylic acids is 1. The van der Waals surface area contributed by atoms with Crippen LogP contribution in [0, 0.1) is 17.2 Å². The quantitative estimate of drug-likeness (QED) is 0.836. The topological polar surface area (TPSA) is 69.0 Å². The summed E-state index contributed by atoms with van der Waals surface area (Å²) in [6.45, 7) is 6.30. The van der Waals surface area contributed by atoms with Gasteiger partial charge in [0.15, 0.2) is 5.82 Å². The molecule has 1 aromatic heterocycles. The van der Waals surface area contributed by atoms with Gasteiger partial charge in [-0.3, -0.25) is 4.79 Å². The van der Waals surface area contributed by atoms with Gasteiger partial charge in [-0.25, -0.2) is 4.39 Å². The van der Waals surface area contributed by atoms with Gasteiger partial charge in [-0.15, -0.1) is 10.2 Å². The molecular weight excluding hydrogens is 371 g/mol. The van der Waals surface area contributed by atoms with E-state index in [-0.39, 0.29) is 17.8 Å². The maximum Gasteiger partial charge on any atom is 0.225 e. The maximum absolute atomic E-state index is 13.3. The van der Waals surface area contributed by atoms with E-state index < -0.39 is 5.41 Å². The van der Waals surface area contributed by atoms with E-state index in [9.17, 15) is 9.18 Å². The van der Waals surface area contributed by atoms with E-state index in [0.29, 0.717) is 12.5 Å². The van der Waals surface area contributed by atoms with E-state index in [1.807, 2.05) is 18.4 Å². The number of aromatic nitrogens is 3. The number of ether oxygens (including phenoxy) is 1. The van der Waals surface area contributed by atoms with Crippen molar-refractivity contribution in [1.82, 2.24) is 20.1 Å². The van der Waals surface area contributed by atoms with Crippen LogP contribution in [0.4, 0.5) is 4.39 Å². The van der Waals surface area contributed by atoms with Crippen LogP contribution in [0.15, 0.2) is 24.3 Å². The summed E-state index contributed by atoms with van der Waals surface area (Å²) in [7, 11) is 0. The van der Waals surface area contributed by atoms with Gasteiger partial charge >= 0.3 is 0 Å². The molecule has 1 aromatic carbocycles. The Labute approximate surface area is 170 Å². The van der Waals surface area contributed by atoms with Crippen LogP contribution in [-0.2, 0) is 22.5 Å². The molecule has 7 heteroatoms. The molecule has 0 aliphatic carbocycles. The Bertz CT molecular complexity index is 856. The summed E-state index contributed by atoms with van der Waals surface area (Å²) in [5.41, 5.74) is 0.423. The molecule has 1 N–H and O–H groups in total. The maximum atomic E-state index is 13.3. The Hall–Kier alpha value is -2.28. The van der Waals surface area contributed by atoms with E-state index in [2.05, 4.69) is 15.5 Å². The zero-order valence-corrected chi connectivity index (χ0v) is 17.2. The van der Waals surface area contributed by atoms with Crippen molar-refractivity contribution < 1.29 is 13.9 Å². The predicted molar refractivity (Wildman–Crippen MR) is 108 cm³/mol. The average Bonchev–Trinajstić information content (AvgIpc) is 3.12. The largest absolute Gasteiger partial charge is 0.381 e. The summed E-state index contributed by atoms with van der Waals surface area (Å²) in [6.07, 6.45) is 4.56. The van der Waals surface area contributed by atoms with Crippen molar-refractivity contribution in [3.63, 3.8) is 0 Å². The monoisotopic (exact) mass is 400 g/mol. The van der Waals surface area contributed by atoms with Crippen LogP contribution in [0.1, 0.15) is 45.4 Å². The molecule has 156 valence electrons. The highest BCUT2D eigenvalue weighted by Crippen LogP contribution is 2.32. The molecule has 4 rings (SSSR count). The number of nitrogens with one attached hydrogen (secondary N) is 1. The zero-order valence-electron chi connectivity index (χ0n) is 17.2. The van der Waals surface area contributed by atoms with Gasteiger partial charge in [0.05, 0.1) is 0 Å². The first-order chi connectivity index (χ1) is 13.9. The van der Waals surface area contributed by atoms with Crippen molar-refractivity contribution in [2.45, 2.75) is 58.5 Å². The third kappa shape index (κ3) is 4.50. The van der Waals surface area contributed by atoms with Crippen LogP contribution >= 0.6 is 0 Å². The van der Waals surface area contributed by atoms with Gasteiger partial charge in [-0.2, -0.15) is 0 Å². The molecule has 0 spiro atoms. The molecule has 0 unspecified atom stereocenters. The number of rotatable bonds is 5. The molecule has 1 amide bonds. The van der Waals surface area contributed by atoms with E-state index in [1.165, 1.54) is 12.1 Å². The SMILES string of the molecule is CC(C)(CC1CCOCC1)C(=O)N[C@H]1CCc2nnc(-c3ccc(F)cc3)n2C1. The smallest absolute Gasteiger partial charge is 0.225 e. The number of hydrogen-bond donors (Lipinski definition) is 1. The first-order valence-electron chi connectivity index (χ1n) is 10.5. The number of halogens is 1. The van der Waals surface area contributed by atoms with Crippen LogP contribution in [-0.4, -0.2) is 39.9 Å². The second-order valence-electron chi connectivity index (χ2n) is 8.91. The molecule has 3 heterocycles. The van der Waals surface area contributed by atoms with Crippen molar-refractivity contribution in [3.8, 4) is 11.4 Å². The highest BCUT2D eigenvalue weighted by atomic mass is 19.1. The van der Waals surface area contributed by atoms with Gasteiger partial charge in [0.1, 0.15) is 11.6 Å². The minimum Gasteiger partial charge on any atom is -0.381 e. The third-order valence-corrected chi connectivity index (χ3v) is 6.14. The summed E-state index contributed by atoms with van der Waals surface area (Å²) >= 11 is 0. The minimum absolute atomic E-state index is 0.0409. The number of benzene rings is 1. The standard InChI is InChI=1S/C22H29FN4O2/c1-22(2,13-15-9-11-29-12-10-15)21(28)24-18-7-8-19-25-26-20(27(19)14-18)16-3-5-17(23)6-4-16/h3-6,15,18H,7-14H2,1-2H3,(H,24,28)/t18-/m0/s1. The number of carbonyl (C=O) groups is 1. The fourth-order valence-corrected chi connectivity index (χ4v) is 4.40. The lowest BCUT2D eigenvalue weighted by atomic mass is 9.79. The fourth-order valence-electron chi connectivity index (χ4n) is 4.40. The Kier molecular flexibility index (Phi) is 5.67. The van der Waals surface area contributed by atoms with Crippen LogP contribution < -0.4 is 5.32 Å². The molecule has 0 radical (unpaired) electrons. The molecular formula is C22H29FN4O2. The lowest BCUT2D eigenvalue weighted by Crippen LogP contribution is -2.47. The Morgan fingerprint density at radius 1 is 1.21 bits per heavy atom. The van der Waals surface area contributed by atoms with Crippen LogP contribution in [0.3, 0.4) is 0 Å². The zero-order chi connectivity index (χ0) is 20.4. The number of nitrogens with zero attached hydrogens (tertiary/aromatic N) is 3. The second kappa shape index (κ2) is 8.22. The van der Waals surface area contributed by atoms with Gasteiger partial charge in [0.2, 0.25) is 5.91 Å². The summed E-state index contributed by atoms with van der Waals surface area (Å²) in [4.78, 5) is 13.0. The molecule has 29 heavy (non-hydrogen) atoms. The van der Waals surface area contributed by atoms with Gasteiger partial charge in [-0.05, 0) is 55.9 Å². The van der Waals surface area contributed by atoms with Crippen molar-refractivity contribution in [3.05, 3.63) is 35.9 Å². The Morgan fingerprint density at radius 2 is 1.93 bits per heavy atom. The molecule has 2 aliphatic rings. The highest BCUT2D eigenvalue weighted by molar-refractivity contribution is 5.82. The average molecular weight is 400 g/mol. The first-order valence-corrected chi connectivity index (χ1v) is 10.5. The summed E-state index contributed by atoms with van der Waals surface area (Å²) in [6, 6.07) is 6.33. The second-order valence-corrected chi connectivity index (χ2v) is 8.91. The lowest BCUT2D eigenvalue weighted by molar-refractivity contribution is -0.131. The first kappa shape index (κ1) is 20.0. The van der Waals surface area contributed by atoms with Gasteiger partial charge in [-0.1, -0.05) is 13.8 Å². The number of fused-ring (bicyclic) bond motifs is 1. The van der Waals surface area contributed by atoms with Crippen molar-refractivity contribution >= 4 is 5.91 Å². The minimum atomic E-state index is -0.407. The molecule has 1 atom stereocenters. The molecule has 1 saturated heterocycles. The van der Waals surface area contributed by atoms with E-state index in [1.54, 1.807) is 12.1 Å². The summed E-state index contributed by atoms with van der Waals surface area (Å²) in [5.74, 6) is 2.01. The molecule has 2 aromatic rings. The predicted octanol–water partition coefficient (Wildman–Crippen LogP) is 3.36. The molecule has 0 saturated carbocycles. The molecule has 6 nitrogen and oxygen atoms in total. The van der Waals surface area contributed by atoms with E-state index >= 15 is 0 Å². The molecule has 1 fully saturated rings. The normalized spacial score (nSPS) is 20.3. The van der Waals surface area contributed by atoms with Gasteiger partial charge in [0, 0.05) is 43.2 Å². The van der Waals surface area contributed by atoms with Crippen LogP contribution in [0.25, 0.3) is 11.4 Å². The molecule has 2 aliphatic heterocycles. The Balaban J connectivity index is 1.42. The van der Waals surface area contributed by atoms with Crippen molar-refractivity contribution in [2.75, 3.05) is 13.2 Å². The third-order valence-electron chi connectivity index (χ3n) is 6.14. The highest BCUT2D eigenvalue weighted by Gasteiger charge is 2.34.